The molecule has 1 rings (SSSR count). The molecule has 0 aliphatic heterocycles. The Bertz CT molecular complexity index is 372. The lowest BCUT2D eigenvalue weighted by Crippen LogP contribution is -2.28. The van der Waals surface area contributed by atoms with Gasteiger partial charge in [-0.1, -0.05) is 12.1 Å². The van der Waals surface area contributed by atoms with Gasteiger partial charge in [0.25, 0.3) is 0 Å². The molecule has 0 atom stereocenters. The number of rotatable bonds is 6. The molecule has 4 nitrogen and oxygen atoms in total. The molecule has 0 saturated carbocycles. The van der Waals surface area contributed by atoms with Gasteiger partial charge in [-0.15, -0.1) is 0 Å². The zero-order chi connectivity index (χ0) is 12.5. The number of carbonyl (C=O) groups excluding carboxylic acids is 1. The number of nitrogens with one attached hydrogen (secondary N) is 2. The van der Waals surface area contributed by atoms with Gasteiger partial charge < -0.3 is 15.4 Å². The van der Waals surface area contributed by atoms with Gasteiger partial charge in [-0.2, -0.15) is 0 Å². The van der Waals surface area contributed by atoms with Crippen LogP contribution in [0.3, 0.4) is 0 Å². The lowest BCUT2D eigenvalue weighted by molar-refractivity contribution is -0.116. The Morgan fingerprint density at radius 2 is 2.00 bits per heavy atom. The molecule has 1 amide bonds. The Balaban J connectivity index is 2.43. The summed E-state index contributed by atoms with van der Waals surface area (Å²) in [5.41, 5.74) is 0.967. The monoisotopic (exact) mass is 234 g/mol. The number of ether oxygens (including phenoxy) is 1. The lowest BCUT2D eigenvalue weighted by atomic mass is 10.2. The molecule has 1 aromatic carbocycles. The highest BCUT2D eigenvalue weighted by Gasteiger charge is 1.94. The standard InChI is InChI=1S/C13H18N2O2/c1-14-9-10-15-13(16)8-5-11-3-6-12(17-2)7-4-11/h3-8,14H,9-10H2,1-2H3,(H,15,16). The second kappa shape index (κ2) is 7.46. The van der Waals surface area contributed by atoms with E-state index in [1.807, 2.05) is 31.3 Å². The number of likely N-dealkylation sites (N-methyl/N-ethyl adjacent to an activating group) is 1. The Morgan fingerprint density at radius 3 is 2.59 bits per heavy atom. The number of carbonyl (C=O) groups is 1. The van der Waals surface area contributed by atoms with Crippen LogP contribution in [0, 0.1) is 0 Å². The maximum Gasteiger partial charge on any atom is 0.244 e. The molecule has 2 N–H and O–H groups in total. The molecule has 0 radical (unpaired) electrons. The third kappa shape index (κ3) is 5.17. The predicted molar refractivity (Wildman–Crippen MR) is 69.0 cm³/mol. The zero-order valence-electron chi connectivity index (χ0n) is 10.2. The summed E-state index contributed by atoms with van der Waals surface area (Å²) in [6.45, 7) is 1.39. The molecule has 0 spiro atoms. The van der Waals surface area contributed by atoms with Gasteiger partial charge in [-0.3, -0.25) is 4.79 Å². The molecule has 0 heterocycles. The second-order valence-electron chi connectivity index (χ2n) is 3.50. The quantitative estimate of drug-likeness (QED) is 0.571. The summed E-state index contributed by atoms with van der Waals surface area (Å²) in [5, 5.41) is 5.72. The van der Waals surface area contributed by atoms with E-state index in [2.05, 4.69) is 10.6 Å². The average molecular weight is 234 g/mol. The van der Waals surface area contributed by atoms with Crippen molar-refractivity contribution in [1.29, 1.82) is 0 Å². The fourth-order valence-electron chi connectivity index (χ4n) is 1.26. The van der Waals surface area contributed by atoms with Gasteiger partial charge in [0.1, 0.15) is 5.75 Å². The van der Waals surface area contributed by atoms with Crippen molar-refractivity contribution in [3.8, 4) is 5.75 Å². The largest absolute Gasteiger partial charge is 0.497 e. The van der Waals surface area contributed by atoms with Crippen LogP contribution in [0.2, 0.25) is 0 Å². The number of benzene rings is 1. The molecule has 0 unspecified atom stereocenters. The van der Waals surface area contributed by atoms with Gasteiger partial charge in [-0.05, 0) is 30.8 Å². The Kier molecular flexibility index (Phi) is 5.82. The summed E-state index contributed by atoms with van der Waals surface area (Å²) in [4.78, 5) is 11.4. The molecular formula is C13H18N2O2. The second-order valence-corrected chi connectivity index (χ2v) is 3.50. The van der Waals surface area contributed by atoms with Crippen LogP contribution in [-0.2, 0) is 4.79 Å². The summed E-state index contributed by atoms with van der Waals surface area (Å²) in [6, 6.07) is 7.52. The molecule has 1 aromatic rings. The van der Waals surface area contributed by atoms with E-state index in [1.165, 1.54) is 6.08 Å². The zero-order valence-corrected chi connectivity index (χ0v) is 10.2. The van der Waals surface area contributed by atoms with Gasteiger partial charge in [-0.25, -0.2) is 0 Å². The van der Waals surface area contributed by atoms with Gasteiger partial charge in [0.05, 0.1) is 7.11 Å². The van der Waals surface area contributed by atoms with E-state index in [0.29, 0.717) is 6.54 Å². The topological polar surface area (TPSA) is 50.4 Å². The number of hydrogen-bond donors (Lipinski definition) is 2. The summed E-state index contributed by atoms with van der Waals surface area (Å²) in [7, 11) is 3.47. The van der Waals surface area contributed by atoms with Crippen LogP contribution < -0.4 is 15.4 Å². The lowest BCUT2D eigenvalue weighted by Gasteiger charge is -2.01. The number of methoxy groups -OCH3 is 1. The SMILES string of the molecule is CNCCNC(=O)C=Cc1ccc(OC)cc1. The Labute approximate surface area is 102 Å². The maximum absolute atomic E-state index is 11.4. The fourth-order valence-corrected chi connectivity index (χ4v) is 1.26. The van der Waals surface area contributed by atoms with Crippen LogP contribution in [0.1, 0.15) is 5.56 Å². The smallest absolute Gasteiger partial charge is 0.244 e. The highest BCUT2D eigenvalue weighted by molar-refractivity contribution is 5.91. The molecule has 0 aliphatic carbocycles. The van der Waals surface area contributed by atoms with Crippen LogP contribution in [0.5, 0.6) is 5.75 Å². The summed E-state index contributed by atoms with van der Waals surface area (Å²) in [5.74, 6) is 0.719. The molecule has 0 saturated heterocycles. The minimum absolute atomic E-state index is 0.0870. The molecule has 4 heteroatoms. The average Bonchev–Trinajstić information content (AvgIpc) is 2.37. The molecule has 0 aliphatic rings. The normalized spacial score (nSPS) is 10.5. The van der Waals surface area contributed by atoms with E-state index in [1.54, 1.807) is 13.2 Å². The van der Waals surface area contributed by atoms with Crippen molar-refractivity contribution in [3.05, 3.63) is 35.9 Å². The van der Waals surface area contributed by atoms with Crippen LogP contribution in [-0.4, -0.2) is 33.2 Å². The van der Waals surface area contributed by atoms with Crippen molar-refractivity contribution in [1.82, 2.24) is 10.6 Å². The number of hydrogen-bond acceptors (Lipinski definition) is 3. The van der Waals surface area contributed by atoms with E-state index in [9.17, 15) is 4.79 Å². The number of amides is 1. The summed E-state index contributed by atoms with van der Waals surface area (Å²) in [6.07, 6.45) is 3.30. The van der Waals surface area contributed by atoms with Crippen LogP contribution in [0.15, 0.2) is 30.3 Å². The van der Waals surface area contributed by atoms with Crippen molar-refractivity contribution in [3.63, 3.8) is 0 Å². The minimum Gasteiger partial charge on any atom is -0.497 e. The van der Waals surface area contributed by atoms with Crippen molar-refractivity contribution in [2.24, 2.45) is 0 Å². The van der Waals surface area contributed by atoms with Crippen molar-refractivity contribution < 1.29 is 9.53 Å². The van der Waals surface area contributed by atoms with Crippen molar-refractivity contribution in [2.45, 2.75) is 0 Å². The van der Waals surface area contributed by atoms with Gasteiger partial charge in [0.2, 0.25) is 5.91 Å². The van der Waals surface area contributed by atoms with Crippen LogP contribution in [0.4, 0.5) is 0 Å². The summed E-state index contributed by atoms with van der Waals surface area (Å²) < 4.78 is 5.05. The first-order valence-electron chi connectivity index (χ1n) is 5.51. The van der Waals surface area contributed by atoms with E-state index in [0.717, 1.165) is 17.9 Å². The molecule has 0 bridgehead atoms. The predicted octanol–water partition coefficient (Wildman–Crippen LogP) is 1.04. The highest BCUT2D eigenvalue weighted by Crippen LogP contribution is 2.11. The third-order valence-electron chi connectivity index (χ3n) is 2.22. The Morgan fingerprint density at radius 1 is 1.29 bits per heavy atom. The first-order chi connectivity index (χ1) is 8.26. The minimum atomic E-state index is -0.0870. The van der Waals surface area contributed by atoms with Crippen molar-refractivity contribution >= 4 is 12.0 Å². The Hall–Kier alpha value is -1.81. The highest BCUT2D eigenvalue weighted by atomic mass is 16.5. The van der Waals surface area contributed by atoms with E-state index < -0.39 is 0 Å². The first kappa shape index (κ1) is 13.3. The fraction of sp³-hybridized carbons (Fsp3) is 0.308. The third-order valence-corrected chi connectivity index (χ3v) is 2.22. The maximum atomic E-state index is 11.4. The molecule has 92 valence electrons. The van der Waals surface area contributed by atoms with E-state index in [-0.39, 0.29) is 5.91 Å². The van der Waals surface area contributed by atoms with E-state index >= 15 is 0 Å². The van der Waals surface area contributed by atoms with Gasteiger partial charge in [0.15, 0.2) is 0 Å². The summed E-state index contributed by atoms with van der Waals surface area (Å²) >= 11 is 0. The molecule has 0 aromatic heterocycles. The molecular weight excluding hydrogens is 216 g/mol. The first-order valence-corrected chi connectivity index (χ1v) is 5.51. The van der Waals surface area contributed by atoms with Gasteiger partial charge >= 0.3 is 0 Å². The van der Waals surface area contributed by atoms with Crippen LogP contribution >= 0.6 is 0 Å². The van der Waals surface area contributed by atoms with Crippen molar-refractivity contribution in [2.75, 3.05) is 27.2 Å². The van der Waals surface area contributed by atoms with Gasteiger partial charge in [0, 0.05) is 19.2 Å². The molecule has 0 fully saturated rings. The van der Waals surface area contributed by atoms with Crippen LogP contribution in [0.25, 0.3) is 6.08 Å². The van der Waals surface area contributed by atoms with E-state index in [4.69, 9.17) is 4.74 Å². The molecule has 17 heavy (non-hydrogen) atoms.